The first-order chi connectivity index (χ1) is 11.3. The fraction of sp³-hybridized carbons (Fsp3) is 0.0625. The molecule has 0 unspecified atom stereocenters. The summed E-state index contributed by atoms with van der Waals surface area (Å²) in [4.78, 5) is 3.51. The molecule has 0 bridgehead atoms. The maximum atomic E-state index is 14.1. The van der Waals surface area contributed by atoms with Crippen LogP contribution in [-0.4, -0.2) is 13.4 Å². The van der Waals surface area contributed by atoms with Gasteiger partial charge in [0.25, 0.3) is 10.0 Å². The van der Waals surface area contributed by atoms with Gasteiger partial charge in [0.05, 0.1) is 11.2 Å². The van der Waals surface area contributed by atoms with Crippen molar-refractivity contribution in [2.45, 2.75) is 11.8 Å². The molecule has 124 valence electrons. The standard InChI is InChI=1S/C16H11ClF2N2O2S/c1-9-12(18)7-10-3-2-6-20-16(10)15(9)21-24(22,23)14-5-4-11(17)8-13(14)19/h2-8,21H,1H3. The van der Waals surface area contributed by atoms with Crippen LogP contribution in [0.5, 0.6) is 0 Å². The number of hydrogen-bond donors (Lipinski definition) is 1. The van der Waals surface area contributed by atoms with Crippen LogP contribution in [0.2, 0.25) is 5.02 Å². The van der Waals surface area contributed by atoms with Gasteiger partial charge in [0.2, 0.25) is 0 Å². The lowest BCUT2D eigenvalue weighted by molar-refractivity contribution is 0.570. The van der Waals surface area contributed by atoms with Crippen molar-refractivity contribution in [3.63, 3.8) is 0 Å². The van der Waals surface area contributed by atoms with Crippen molar-refractivity contribution >= 4 is 38.2 Å². The van der Waals surface area contributed by atoms with Crippen LogP contribution in [0.3, 0.4) is 0 Å². The number of anilines is 1. The van der Waals surface area contributed by atoms with Gasteiger partial charge in [-0.05, 0) is 37.3 Å². The van der Waals surface area contributed by atoms with E-state index in [0.29, 0.717) is 5.39 Å². The fourth-order valence-corrected chi connectivity index (χ4v) is 3.64. The molecule has 3 rings (SSSR count). The summed E-state index contributed by atoms with van der Waals surface area (Å²) in [5.74, 6) is -1.59. The normalized spacial score (nSPS) is 11.7. The number of aromatic nitrogens is 1. The van der Waals surface area contributed by atoms with Crippen molar-refractivity contribution in [2.75, 3.05) is 4.72 Å². The van der Waals surface area contributed by atoms with Crippen LogP contribution in [-0.2, 0) is 10.0 Å². The molecule has 3 aromatic rings. The van der Waals surface area contributed by atoms with Crippen LogP contribution in [0, 0.1) is 18.6 Å². The highest BCUT2D eigenvalue weighted by atomic mass is 35.5. The average molecular weight is 369 g/mol. The summed E-state index contributed by atoms with van der Waals surface area (Å²) in [6, 6.07) is 7.67. The van der Waals surface area contributed by atoms with Gasteiger partial charge in [0.1, 0.15) is 16.5 Å². The highest BCUT2D eigenvalue weighted by molar-refractivity contribution is 7.92. The van der Waals surface area contributed by atoms with Gasteiger partial charge in [-0.25, -0.2) is 17.2 Å². The van der Waals surface area contributed by atoms with E-state index in [1.807, 2.05) is 0 Å². The van der Waals surface area contributed by atoms with Crippen LogP contribution < -0.4 is 4.72 Å². The number of halogens is 3. The van der Waals surface area contributed by atoms with Crippen molar-refractivity contribution < 1.29 is 17.2 Å². The lowest BCUT2D eigenvalue weighted by Crippen LogP contribution is -2.16. The van der Waals surface area contributed by atoms with E-state index in [1.165, 1.54) is 25.3 Å². The number of benzene rings is 2. The van der Waals surface area contributed by atoms with E-state index in [0.717, 1.165) is 12.1 Å². The summed E-state index contributed by atoms with van der Waals surface area (Å²) in [6.07, 6.45) is 1.46. The number of nitrogens with one attached hydrogen (secondary N) is 1. The molecule has 4 nitrogen and oxygen atoms in total. The Morgan fingerprint density at radius 1 is 1.12 bits per heavy atom. The van der Waals surface area contributed by atoms with E-state index in [2.05, 4.69) is 9.71 Å². The van der Waals surface area contributed by atoms with Gasteiger partial charge in [0, 0.05) is 22.2 Å². The quantitative estimate of drug-likeness (QED) is 0.750. The van der Waals surface area contributed by atoms with E-state index in [9.17, 15) is 17.2 Å². The number of pyridine rings is 1. The second kappa shape index (κ2) is 5.99. The maximum Gasteiger partial charge on any atom is 0.264 e. The molecule has 1 N–H and O–H groups in total. The van der Waals surface area contributed by atoms with Gasteiger partial charge in [-0.3, -0.25) is 9.71 Å². The molecular formula is C16H11ClF2N2O2S. The highest BCUT2D eigenvalue weighted by Crippen LogP contribution is 2.30. The number of hydrogen-bond acceptors (Lipinski definition) is 3. The largest absolute Gasteiger partial charge is 0.277 e. The first-order valence-corrected chi connectivity index (χ1v) is 8.67. The monoisotopic (exact) mass is 368 g/mol. The summed E-state index contributed by atoms with van der Waals surface area (Å²) < 4.78 is 55.2. The summed E-state index contributed by atoms with van der Waals surface area (Å²) in [7, 11) is -4.28. The maximum absolute atomic E-state index is 14.1. The lowest BCUT2D eigenvalue weighted by Gasteiger charge is -2.14. The van der Waals surface area contributed by atoms with Gasteiger partial charge in [-0.15, -0.1) is 0 Å². The van der Waals surface area contributed by atoms with Crippen molar-refractivity contribution in [3.8, 4) is 0 Å². The molecule has 2 aromatic carbocycles. The summed E-state index contributed by atoms with van der Waals surface area (Å²) >= 11 is 5.64. The molecular weight excluding hydrogens is 358 g/mol. The Morgan fingerprint density at radius 2 is 1.88 bits per heavy atom. The summed E-state index contributed by atoms with van der Waals surface area (Å²) in [5.41, 5.74) is 0.313. The third-order valence-corrected chi connectivity index (χ3v) is 5.13. The number of fused-ring (bicyclic) bond motifs is 1. The molecule has 0 spiro atoms. The first kappa shape index (κ1) is 16.6. The Labute approximate surface area is 142 Å². The predicted molar refractivity (Wildman–Crippen MR) is 88.7 cm³/mol. The molecule has 0 atom stereocenters. The molecule has 24 heavy (non-hydrogen) atoms. The van der Waals surface area contributed by atoms with Gasteiger partial charge >= 0.3 is 0 Å². The van der Waals surface area contributed by atoms with Crippen LogP contribution in [0.15, 0.2) is 47.5 Å². The Balaban J connectivity index is 2.17. The molecule has 0 saturated carbocycles. The van der Waals surface area contributed by atoms with Crippen LogP contribution >= 0.6 is 11.6 Å². The smallest absolute Gasteiger partial charge is 0.264 e. The van der Waals surface area contributed by atoms with Crippen molar-refractivity contribution in [1.82, 2.24) is 4.98 Å². The summed E-state index contributed by atoms with van der Waals surface area (Å²) in [5, 5.41) is 0.496. The van der Waals surface area contributed by atoms with Crippen molar-refractivity contribution in [1.29, 1.82) is 0 Å². The SMILES string of the molecule is Cc1c(F)cc2cccnc2c1NS(=O)(=O)c1ccc(Cl)cc1F. The molecule has 0 fully saturated rings. The van der Waals surface area contributed by atoms with E-state index in [1.54, 1.807) is 12.1 Å². The molecule has 0 amide bonds. The summed E-state index contributed by atoms with van der Waals surface area (Å²) in [6.45, 7) is 1.42. The number of rotatable bonds is 3. The number of sulfonamides is 1. The van der Waals surface area contributed by atoms with Crippen molar-refractivity contribution in [2.24, 2.45) is 0 Å². The second-order valence-corrected chi connectivity index (χ2v) is 7.20. The second-order valence-electron chi connectivity index (χ2n) is 5.11. The fourth-order valence-electron chi connectivity index (χ4n) is 2.29. The zero-order valence-electron chi connectivity index (χ0n) is 12.3. The molecule has 0 aliphatic carbocycles. The third kappa shape index (κ3) is 2.92. The highest BCUT2D eigenvalue weighted by Gasteiger charge is 2.22. The van der Waals surface area contributed by atoms with Gasteiger partial charge in [0.15, 0.2) is 0 Å². The molecule has 1 heterocycles. The molecule has 0 saturated heterocycles. The van der Waals surface area contributed by atoms with Crippen molar-refractivity contribution in [3.05, 3.63) is 64.8 Å². The van der Waals surface area contributed by atoms with E-state index in [-0.39, 0.29) is 21.8 Å². The average Bonchev–Trinajstić information content (AvgIpc) is 2.51. The van der Waals surface area contributed by atoms with E-state index >= 15 is 0 Å². The topological polar surface area (TPSA) is 59.1 Å². The lowest BCUT2D eigenvalue weighted by atomic mass is 10.1. The van der Waals surface area contributed by atoms with Crippen LogP contribution in [0.25, 0.3) is 10.9 Å². The van der Waals surface area contributed by atoms with Crippen LogP contribution in [0.1, 0.15) is 5.56 Å². The molecule has 0 aliphatic rings. The Kier molecular flexibility index (Phi) is 4.15. The minimum absolute atomic E-state index is 0.0278. The predicted octanol–water partition coefficient (Wildman–Crippen LogP) is 4.28. The molecule has 0 aliphatic heterocycles. The Morgan fingerprint density at radius 3 is 2.58 bits per heavy atom. The molecule has 0 radical (unpaired) electrons. The van der Waals surface area contributed by atoms with Gasteiger partial charge in [-0.2, -0.15) is 0 Å². The number of nitrogens with zero attached hydrogens (tertiary/aromatic N) is 1. The molecule has 8 heteroatoms. The Hall–Kier alpha value is -2.25. The van der Waals surface area contributed by atoms with Gasteiger partial charge < -0.3 is 0 Å². The van der Waals surface area contributed by atoms with Gasteiger partial charge in [-0.1, -0.05) is 17.7 Å². The third-order valence-electron chi connectivity index (χ3n) is 3.51. The zero-order chi connectivity index (χ0) is 17.5. The molecule has 1 aromatic heterocycles. The zero-order valence-corrected chi connectivity index (χ0v) is 13.9. The first-order valence-electron chi connectivity index (χ1n) is 6.81. The van der Waals surface area contributed by atoms with E-state index < -0.39 is 26.6 Å². The minimum atomic E-state index is -4.28. The van der Waals surface area contributed by atoms with Crippen LogP contribution in [0.4, 0.5) is 14.5 Å². The minimum Gasteiger partial charge on any atom is -0.277 e. The van der Waals surface area contributed by atoms with E-state index in [4.69, 9.17) is 11.6 Å². The Bertz CT molecular complexity index is 1060.